The highest BCUT2D eigenvalue weighted by molar-refractivity contribution is 5.96. The summed E-state index contributed by atoms with van der Waals surface area (Å²) < 4.78 is 7.09. The third-order valence-corrected chi connectivity index (χ3v) is 5.17. The molecule has 1 unspecified atom stereocenters. The van der Waals surface area contributed by atoms with Crippen LogP contribution in [0.3, 0.4) is 0 Å². The molecule has 1 amide bonds. The van der Waals surface area contributed by atoms with Crippen LogP contribution in [-0.2, 0) is 9.53 Å². The first-order valence-electron chi connectivity index (χ1n) is 9.97. The Bertz CT molecular complexity index is 1050. The Labute approximate surface area is 175 Å². The van der Waals surface area contributed by atoms with Crippen molar-refractivity contribution in [3.8, 4) is 17.1 Å². The largest absolute Gasteiger partial charge is 0.383 e. The molecule has 3 aromatic rings. The number of aromatic nitrogens is 2. The Kier molecular flexibility index (Phi) is 5.90. The number of ether oxygens (including phenoxy) is 1. The van der Waals surface area contributed by atoms with Gasteiger partial charge in [0.05, 0.1) is 35.9 Å². The molecule has 1 atom stereocenters. The first-order valence-corrected chi connectivity index (χ1v) is 9.97. The maximum atomic E-state index is 12.6. The van der Waals surface area contributed by atoms with Gasteiger partial charge in [-0.2, -0.15) is 0 Å². The summed E-state index contributed by atoms with van der Waals surface area (Å²) in [4.78, 5) is 28.2. The number of benzene rings is 2. The van der Waals surface area contributed by atoms with Crippen molar-refractivity contribution in [2.24, 2.45) is 0 Å². The Morgan fingerprint density at radius 2 is 2.10 bits per heavy atom. The van der Waals surface area contributed by atoms with Crippen molar-refractivity contribution in [2.75, 3.05) is 25.6 Å². The molecule has 0 radical (unpaired) electrons. The predicted octanol–water partition coefficient (Wildman–Crippen LogP) is 3.36. The number of fused-ring (bicyclic) bond motifs is 3. The Morgan fingerprint density at radius 1 is 1.27 bits per heavy atom. The van der Waals surface area contributed by atoms with Gasteiger partial charge in [-0.3, -0.25) is 9.36 Å². The van der Waals surface area contributed by atoms with Crippen molar-refractivity contribution in [1.29, 1.82) is 0 Å². The van der Waals surface area contributed by atoms with E-state index in [0.717, 1.165) is 34.7 Å². The van der Waals surface area contributed by atoms with Gasteiger partial charge in [-0.25, -0.2) is 4.98 Å². The summed E-state index contributed by atoms with van der Waals surface area (Å²) in [6, 6.07) is 15.5. The van der Waals surface area contributed by atoms with Crippen LogP contribution in [0.1, 0.15) is 34.9 Å². The summed E-state index contributed by atoms with van der Waals surface area (Å²) in [7, 11) is 1.60. The minimum absolute atomic E-state index is 0.0333. The van der Waals surface area contributed by atoms with Crippen LogP contribution in [0.4, 0.5) is 5.69 Å². The second-order valence-corrected chi connectivity index (χ2v) is 7.13. The normalized spacial score (nSPS) is 14.4. The SMILES string of the molecule is COCCNC(=O)c1ccc2c(c1)-n1c(cnc1-c1ccccc1)C(CCC=O)N2. The molecule has 7 nitrogen and oxygen atoms in total. The van der Waals surface area contributed by atoms with E-state index >= 15 is 0 Å². The van der Waals surface area contributed by atoms with E-state index in [0.29, 0.717) is 31.6 Å². The number of hydrogen-bond acceptors (Lipinski definition) is 5. The second kappa shape index (κ2) is 8.92. The van der Waals surface area contributed by atoms with Gasteiger partial charge < -0.3 is 20.2 Å². The summed E-state index contributed by atoms with van der Waals surface area (Å²) in [5.74, 6) is 0.655. The zero-order chi connectivity index (χ0) is 20.9. The fourth-order valence-corrected chi connectivity index (χ4v) is 3.72. The van der Waals surface area contributed by atoms with Crippen molar-refractivity contribution in [2.45, 2.75) is 18.9 Å². The fraction of sp³-hybridized carbons (Fsp3) is 0.261. The number of amides is 1. The average molecular weight is 404 g/mol. The van der Waals surface area contributed by atoms with E-state index in [9.17, 15) is 9.59 Å². The molecule has 1 aromatic heterocycles. The van der Waals surface area contributed by atoms with E-state index in [2.05, 4.69) is 20.2 Å². The average Bonchev–Trinajstić information content (AvgIpc) is 3.23. The quantitative estimate of drug-likeness (QED) is 0.444. The molecule has 154 valence electrons. The number of nitrogens with zero attached hydrogens (tertiary/aromatic N) is 2. The Hall–Kier alpha value is -3.45. The van der Waals surface area contributed by atoms with Crippen molar-refractivity contribution in [3.63, 3.8) is 0 Å². The van der Waals surface area contributed by atoms with Crippen molar-refractivity contribution in [3.05, 3.63) is 66.0 Å². The van der Waals surface area contributed by atoms with Gasteiger partial charge in [0.2, 0.25) is 0 Å². The number of carbonyl (C=O) groups excluding carboxylic acids is 2. The molecule has 0 bridgehead atoms. The van der Waals surface area contributed by atoms with Gasteiger partial charge in [-0.1, -0.05) is 30.3 Å². The van der Waals surface area contributed by atoms with Crippen molar-refractivity contribution < 1.29 is 14.3 Å². The lowest BCUT2D eigenvalue weighted by atomic mass is 10.0. The second-order valence-electron chi connectivity index (χ2n) is 7.13. The Balaban J connectivity index is 1.77. The molecule has 7 heteroatoms. The Morgan fingerprint density at radius 3 is 2.87 bits per heavy atom. The highest BCUT2D eigenvalue weighted by Gasteiger charge is 2.28. The lowest BCUT2D eigenvalue weighted by molar-refractivity contribution is -0.108. The molecule has 0 fully saturated rings. The van der Waals surface area contributed by atoms with Crippen LogP contribution in [0.2, 0.25) is 0 Å². The number of methoxy groups -OCH3 is 1. The summed E-state index contributed by atoms with van der Waals surface area (Å²) in [6.45, 7) is 0.907. The fourth-order valence-electron chi connectivity index (χ4n) is 3.72. The van der Waals surface area contributed by atoms with E-state index in [4.69, 9.17) is 4.74 Å². The smallest absolute Gasteiger partial charge is 0.251 e. The maximum absolute atomic E-state index is 12.6. The molecule has 0 spiro atoms. The highest BCUT2D eigenvalue weighted by atomic mass is 16.5. The molecule has 2 aromatic carbocycles. The van der Waals surface area contributed by atoms with Crippen LogP contribution in [0.15, 0.2) is 54.7 Å². The number of rotatable bonds is 8. The third-order valence-electron chi connectivity index (χ3n) is 5.17. The number of anilines is 1. The molecular weight excluding hydrogens is 380 g/mol. The topological polar surface area (TPSA) is 85.2 Å². The minimum atomic E-state index is -0.152. The van der Waals surface area contributed by atoms with Crippen LogP contribution in [-0.4, -0.2) is 42.0 Å². The summed E-state index contributed by atoms with van der Waals surface area (Å²) in [6.07, 6.45) is 3.91. The van der Waals surface area contributed by atoms with Crippen LogP contribution < -0.4 is 10.6 Å². The molecule has 2 heterocycles. The molecule has 0 aliphatic carbocycles. The number of hydrogen-bond donors (Lipinski definition) is 2. The number of nitrogens with one attached hydrogen (secondary N) is 2. The van der Waals surface area contributed by atoms with E-state index in [1.807, 2.05) is 48.7 Å². The van der Waals surface area contributed by atoms with Crippen LogP contribution in [0.5, 0.6) is 0 Å². The molecule has 1 aliphatic heterocycles. The highest BCUT2D eigenvalue weighted by Crippen LogP contribution is 2.39. The van der Waals surface area contributed by atoms with E-state index in [-0.39, 0.29) is 11.9 Å². The molecular formula is C23H24N4O3. The molecule has 4 rings (SSSR count). The van der Waals surface area contributed by atoms with Crippen LogP contribution >= 0.6 is 0 Å². The van der Waals surface area contributed by atoms with E-state index < -0.39 is 0 Å². The van der Waals surface area contributed by atoms with Gasteiger partial charge in [0.15, 0.2) is 0 Å². The van der Waals surface area contributed by atoms with Gasteiger partial charge in [0.25, 0.3) is 5.91 Å². The summed E-state index contributed by atoms with van der Waals surface area (Å²) in [5, 5.41) is 6.36. The predicted molar refractivity (Wildman–Crippen MR) is 115 cm³/mol. The van der Waals surface area contributed by atoms with Gasteiger partial charge in [-0.15, -0.1) is 0 Å². The van der Waals surface area contributed by atoms with Gasteiger partial charge in [-0.05, 0) is 24.6 Å². The zero-order valence-electron chi connectivity index (χ0n) is 16.8. The van der Waals surface area contributed by atoms with Gasteiger partial charge in [0, 0.05) is 31.2 Å². The van der Waals surface area contributed by atoms with Crippen molar-refractivity contribution in [1.82, 2.24) is 14.9 Å². The molecule has 0 saturated heterocycles. The van der Waals surface area contributed by atoms with E-state index in [1.165, 1.54) is 0 Å². The summed E-state index contributed by atoms with van der Waals surface area (Å²) >= 11 is 0. The van der Waals surface area contributed by atoms with Crippen LogP contribution in [0.25, 0.3) is 17.1 Å². The zero-order valence-corrected chi connectivity index (χ0v) is 16.8. The molecule has 30 heavy (non-hydrogen) atoms. The first kappa shape index (κ1) is 19.8. The minimum Gasteiger partial charge on any atom is -0.383 e. The third kappa shape index (κ3) is 3.84. The van der Waals surface area contributed by atoms with Gasteiger partial charge >= 0.3 is 0 Å². The lowest BCUT2D eigenvalue weighted by Gasteiger charge is -2.29. The summed E-state index contributed by atoms with van der Waals surface area (Å²) in [5.41, 5.74) is 4.29. The molecule has 0 saturated carbocycles. The van der Waals surface area contributed by atoms with E-state index in [1.54, 1.807) is 13.2 Å². The molecule has 2 N–H and O–H groups in total. The molecule has 1 aliphatic rings. The number of imidazole rings is 1. The maximum Gasteiger partial charge on any atom is 0.251 e. The number of carbonyl (C=O) groups is 2. The van der Waals surface area contributed by atoms with Crippen molar-refractivity contribution >= 4 is 17.9 Å². The lowest BCUT2D eigenvalue weighted by Crippen LogP contribution is -2.28. The van der Waals surface area contributed by atoms with Gasteiger partial charge in [0.1, 0.15) is 12.1 Å². The number of aldehydes is 1. The van der Waals surface area contributed by atoms with Crippen LogP contribution in [0, 0.1) is 0 Å². The first-order chi connectivity index (χ1) is 14.7. The monoisotopic (exact) mass is 404 g/mol. The standard InChI is InChI=1S/C23H24N4O3/c1-30-13-11-24-23(29)17-9-10-19-20(14-17)27-21(18(26-19)8-5-12-28)15-25-22(27)16-6-3-2-4-7-16/h2-4,6-7,9-10,12,14-15,18,26H,5,8,11,13H2,1H3,(H,24,29).